The Bertz CT molecular complexity index is 1180. The van der Waals surface area contributed by atoms with Crippen molar-refractivity contribution in [3.63, 3.8) is 0 Å². The molecule has 4 nitrogen and oxygen atoms in total. The van der Waals surface area contributed by atoms with Crippen molar-refractivity contribution in [2.75, 3.05) is 28.8 Å². The van der Waals surface area contributed by atoms with E-state index in [4.69, 9.17) is 0 Å². The van der Waals surface area contributed by atoms with Gasteiger partial charge in [-0.25, -0.2) is 0 Å². The summed E-state index contributed by atoms with van der Waals surface area (Å²) in [7, 11) is 4.25. The van der Waals surface area contributed by atoms with Crippen molar-refractivity contribution in [2.24, 2.45) is 0 Å². The SMILES string of the molecule is CN1c2[c-]c(-c3ccccn3)cc3c2N(c2ccccc21)c1ccccc1N3C.[Ir]. The van der Waals surface area contributed by atoms with E-state index in [1.807, 2.05) is 24.4 Å². The Morgan fingerprint density at radius 2 is 1.30 bits per heavy atom. The van der Waals surface area contributed by atoms with Crippen LogP contribution in [0, 0.1) is 6.07 Å². The van der Waals surface area contributed by atoms with Crippen LogP contribution in [-0.2, 0) is 20.1 Å². The van der Waals surface area contributed by atoms with Gasteiger partial charge >= 0.3 is 0 Å². The number of hydrogen-bond acceptors (Lipinski definition) is 4. The van der Waals surface area contributed by atoms with Gasteiger partial charge in [0.25, 0.3) is 0 Å². The number of aromatic nitrogens is 1. The van der Waals surface area contributed by atoms with E-state index >= 15 is 0 Å². The molecule has 3 aromatic carbocycles. The molecule has 1 aromatic heterocycles. The van der Waals surface area contributed by atoms with E-state index in [9.17, 15) is 0 Å². The van der Waals surface area contributed by atoms with Crippen molar-refractivity contribution in [2.45, 2.75) is 0 Å². The number of rotatable bonds is 1. The van der Waals surface area contributed by atoms with E-state index in [0.717, 1.165) is 28.3 Å². The van der Waals surface area contributed by atoms with Crippen LogP contribution in [0.1, 0.15) is 0 Å². The minimum atomic E-state index is 0. The summed E-state index contributed by atoms with van der Waals surface area (Å²) in [5.41, 5.74) is 10.0. The summed E-state index contributed by atoms with van der Waals surface area (Å²) in [6.07, 6.45) is 1.83. The smallest absolute Gasteiger partial charge is 0.0632 e. The van der Waals surface area contributed by atoms with Crippen LogP contribution in [0.2, 0.25) is 0 Å². The summed E-state index contributed by atoms with van der Waals surface area (Å²) in [6, 6.07) is 29.0. The second-order valence-corrected chi connectivity index (χ2v) is 7.41. The Kier molecular flexibility index (Phi) is 4.39. The second-order valence-electron chi connectivity index (χ2n) is 7.41. The predicted octanol–water partition coefficient (Wildman–Crippen LogP) is 6.18. The molecule has 30 heavy (non-hydrogen) atoms. The predicted molar refractivity (Wildman–Crippen MR) is 119 cm³/mol. The number of para-hydroxylation sites is 4. The topological polar surface area (TPSA) is 22.6 Å². The van der Waals surface area contributed by atoms with Gasteiger partial charge in [0, 0.05) is 46.1 Å². The first-order valence-electron chi connectivity index (χ1n) is 9.71. The Hall–Kier alpha value is -3.14. The summed E-state index contributed by atoms with van der Waals surface area (Å²) in [6.45, 7) is 0. The number of pyridine rings is 1. The molecule has 0 N–H and O–H groups in total. The second kappa shape index (κ2) is 6.98. The fourth-order valence-corrected chi connectivity index (χ4v) is 4.42. The molecule has 0 fully saturated rings. The molecule has 5 heteroatoms. The first-order chi connectivity index (χ1) is 14.2. The molecule has 149 valence electrons. The maximum atomic E-state index is 4.57. The average molecular weight is 568 g/mol. The van der Waals surface area contributed by atoms with Gasteiger partial charge in [0.15, 0.2) is 0 Å². The fourth-order valence-electron chi connectivity index (χ4n) is 4.42. The van der Waals surface area contributed by atoms with Crippen molar-refractivity contribution in [1.29, 1.82) is 0 Å². The largest absolute Gasteiger partial charge is 0.358 e. The van der Waals surface area contributed by atoms with Crippen LogP contribution in [0.25, 0.3) is 11.3 Å². The molecule has 0 atom stereocenters. The molecule has 0 spiro atoms. The van der Waals surface area contributed by atoms with Crippen LogP contribution in [0.5, 0.6) is 0 Å². The molecule has 2 aliphatic heterocycles. The summed E-state index contributed by atoms with van der Waals surface area (Å²) in [5, 5.41) is 0. The Morgan fingerprint density at radius 3 is 1.93 bits per heavy atom. The van der Waals surface area contributed by atoms with Crippen LogP contribution in [0.3, 0.4) is 0 Å². The summed E-state index contributed by atoms with van der Waals surface area (Å²) < 4.78 is 0. The zero-order valence-corrected chi connectivity index (χ0v) is 19.0. The molecule has 0 bridgehead atoms. The number of fused-ring (bicyclic) bond motifs is 4. The standard InChI is InChI=1S/C25H19N4.Ir/c1-27-19-10-3-5-12-21(19)29-22-13-6-4-11-20(22)28(2)24-16-17(15-23(27)25(24)29)18-9-7-8-14-26-18;/h3-15H,1-2H3;/q-1;. The van der Waals surface area contributed by atoms with E-state index in [1.54, 1.807) is 0 Å². The Morgan fingerprint density at radius 1 is 0.700 bits per heavy atom. The molecule has 0 saturated heterocycles. The van der Waals surface area contributed by atoms with Crippen LogP contribution in [0.4, 0.5) is 39.8 Å². The van der Waals surface area contributed by atoms with E-state index in [0.29, 0.717) is 0 Å². The van der Waals surface area contributed by atoms with Gasteiger partial charge in [-0.3, -0.25) is 0 Å². The molecule has 1 radical (unpaired) electrons. The Labute approximate surface area is 189 Å². The van der Waals surface area contributed by atoms with E-state index in [1.165, 1.54) is 22.7 Å². The third-order valence-electron chi connectivity index (χ3n) is 5.83. The van der Waals surface area contributed by atoms with Gasteiger partial charge in [-0.2, -0.15) is 0 Å². The summed E-state index contributed by atoms with van der Waals surface area (Å²) in [4.78, 5) is 11.4. The minimum Gasteiger partial charge on any atom is -0.358 e. The molecular weight excluding hydrogens is 549 g/mol. The average Bonchev–Trinajstić information content (AvgIpc) is 2.79. The molecule has 0 unspecified atom stereocenters. The van der Waals surface area contributed by atoms with Gasteiger partial charge in [0.1, 0.15) is 0 Å². The fraction of sp³-hybridized carbons (Fsp3) is 0.0800. The summed E-state index contributed by atoms with van der Waals surface area (Å²) >= 11 is 0. The maximum Gasteiger partial charge on any atom is 0.0632 e. The minimum absolute atomic E-state index is 0. The normalized spacial score (nSPS) is 13.2. The zero-order valence-electron chi connectivity index (χ0n) is 16.6. The van der Waals surface area contributed by atoms with Gasteiger partial charge in [-0.05, 0) is 47.4 Å². The molecule has 3 heterocycles. The van der Waals surface area contributed by atoms with Crippen LogP contribution < -0.4 is 14.7 Å². The van der Waals surface area contributed by atoms with Crippen LogP contribution in [0.15, 0.2) is 79.0 Å². The molecule has 6 rings (SSSR count). The van der Waals surface area contributed by atoms with Crippen LogP contribution in [-0.4, -0.2) is 19.1 Å². The van der Waals surface area contributed by atoms with Crippen molar-refractivity contribution in [3.05, 3.63) is 85.1 Å². The van der Waals surface area contributed by atoms with E-state index in [2.05, 4.69) is 94.4 Å². The monoisotopic (exact) mass is 568 g/mol. The Balaban J connectivity index is 0.00000193. The van der Waals surface area contributed by atoms with E-state index in [-0.39, 0.29) is 20.1 Å². The molecule has 2 aliphatic rings. The van der Waals surface area contributed by atoms with Gasteiger partial charge < -0.3 is 19.7 Å². The van der Waals surface area contributed by atoms with Gasteiger partial charge in [-0.1, -0.05) is 36.4 Å². The van der Waals surface area contributed by atoms with Crippen molar-refractivity contribution < 1.29 is 20.1 Å². The third kappa shape index (κ3) is 2.53. The molecule has 0 amide bonds. The quantitative estimate of drug-likeness (QED) is 0.256. The molecule has 0 saturated carbocycles. The molecular formula is C25H19IrN4-. The van der Waals surface area contributed by atoms with Gasteiger partial charge in [0.05, 0.1) is 22.7 Å². The van der Waals surface area contributed by atoms with E-state index < -0.39 is 0 Å². The van der Waals surface area contributed by atoms with Crippen molar-refractivity contribution in [1.82, 2.24) is 4.98 Å². The summed E-state index contributed by atoms with van der Waals surface area (Å²) in [5.74, 6) is 0. The molecule has 4 aromatic rings. The van der Waals surface area contributed by atoms with Crippen LogP contribution >= 0.6 is 0 Å². The number of nitrogens with zero attached hydrogens (tertiary/aromatic N) is 4. The van der Waals surface area contributed by atoms with Crippen molar-refractivity contribution >= 4 is 39.8 Å². The zero-order chi connectivity index (χ0) is 19.5. The number of anilines is 7. The maximum absolute atomic E-state index is 4.57. The first kappa shape index (κ1) is 18.9. The number of hydrogen-bond donors (Lipinski definition) is 0. The number of benzene rings is 3. The molecule has 0 aliphatic carbocycles. The van der Waals surface area contributed by atoms with Crippen molar-refractivity contribution in [3.8, 4) is 11.3 Å². The van der Waals surface area contributed by atoms with Gasteiger partial charge in [-0.15, -0.1) is 17.7 Å². The third-order valence-corrected chi connectivity index (χ3v) is 5.83. The van der Waals surface area contributed by atoms with Gasteiger partial charge in [0.2, 0.25) is 0 Å². The first-order valence-corrected chi connectivity index (χ1v) is 9.71.